The fourth-order valence-electron chi connectivity index (χ4n) is 4.26. The Bertz CT molecular complexity index is 1120. The number of nitrogens with two attached hydrogens (primary N) is 1. The molecule has 0 bridgehead atoms. The molecule has 33 heavy (non-hydrogen) atoms. The summed E-state index contributed by atoms with van der Waals surface area (Å²) in [5, 5.41) is 16.0. The third kappa shape index (κ3) is 5.02. The Morgan fingerprint density at radius 1 is 0.909 bits per heavy atom. The summed E-state index contributed by atoms with van der Waals surface area (Å²) in [6.45, 7) is 0. The number of ketones is 1. The summed E-state index contributed by atoms with van der Waals surface area (Å²) in [6.07, 6.45) is 0.908. The van der Waals surface area contributed by atoms with Crippen LogP contribution in [0.1, 0.15) is 36.4 Å². The van der Waals surface area contributed by atoms with E-state index < -0.39 is 17.9 Å². The molecule has 6 heteroatoms. The second-order valence-electron chi connectivity index (χ2n) is 8.17. The summed E-state index contributed by atoms with van der Waals surface area (Å²) in [7, 11) is 0. The summed E-state index contributed by atoms with van der Waals surface area (Å²) in [6, 6.07) is 28.2. The molecule has 0 aliphatic carbocycles. The van der Waals surface area contributed by atoms with Gasteiger partial charge in [0.1, 0.15) is 11.8 Å². The Hall–Kier alpha value is -3.77. The predicted molar refractivity (Wildman–Crippen MR) is 129 cm³/mol. The van der Waals surface area contributed by atoms with Gasteiger partial charge in [-0.05, 0) is 36.1 Å². The lowest BCUT2D eigenvalue weighted by atomic mass is 9.82. The molecule has 0 saturated heterocycles. The van der Waals surface area contributed by atoms with E-state index in [2.05, 4.69) is 0 Å². The van der Waals surface area contributed by atoms with Crippen LogP contribution in [-0.2, 0) is 9.59 Å². The highest BCUT2D eigenvalue weighted by atomic mass is 16.4. The lowest BCUT2D eigenvalue weighted by Crippen LogP contribution is -2.33. The Labute approximate surface area is 193 Å². The smallest absolute Gasteiger partial charge is 0.320 e. The zero-order valence-corrected chi connectivity index (χ0v) is 18.2. The van der Waals surface area contributed by atoms with Gasteiger partial charge >= 0.3 is 5.97 Å². The first-order chi connectivity index (χ1) is 16.1. The number of carbonyl (C=O) groups excluding carboxylic acids is 1. The first-order valence-electron chi connectivity index (χ1n) is 11.1. The molecule has 0 aromatic heterocycles. The maximum Gasteiger partial charge on any atom is 0.320 e. The maximum absolute atomic E-state index is 13.6. The van der Waals surface area contributed by atoms with E-state index in [9.17, 15) is 9.59 Å². The Kier molecular flexibility index (Phi) is 6.95. The summed E-state index contributed by atoms with van der Waals surface area (Å²) >= 11 is 0. The number of anilines is 1. The van der Waals surface area contributed by atoms with E-state index >= 15 is 0 Å². The molecule has 3 unspecified atom stereocenters. The fraction of sp³-hybridized carbons (Fsp3) is 0.222. The van der Waals surface area contributed by atoms with Gasteiger partial charge in [-0.2, -0.15) is 5.10 Å². The van der Waals surface area contributed by atoms with Gasteiger partial charge in [0.15, 0.2) is 0 Å². The van der Waals surface area contributed by atoms with Gasteiger partial charge in [-0.15, -0.1) is 0 Å². The highest BCUT2D eigenvalue weighted by Gasteiger charge is 2.43. The molecule has 0 amide bonds. The maximum atomic E-state index is 13.6. The van der Waals surface area contributed by atoms with E-state index in [1.165, 1.54) is 0 Å². The molecule has 1 heterocycles. The number of Topliss-reactive ketones (excluding diaryl/α,β-unsaturated/α-hetero) is 1. The van der Waals surface area contributed by atoms with Crippen LogP contribution in [0.15, 0.2) is 96.1 Å². The van der Waals surface area contributed by atoms with Gasteiger partial charge in [0.25, 0.3) is 0 Å². The van der Waals surface area contributed by atoms with Crippen molar-refractivity contribution in [2.75, 3.05) is 5.01 Å². The van der Waals surface area contributed by atoms with E-state index in [-0.39, 0.29) is 24.7 Å². The monoisotopic (exact) mass is 441 g/mol. The summed E-state index contributed by atoms with van der Waals surface area (Å²) in [4.78, 5) is 24.7. The Morgan fingerprint density at radius 3 is 2.09 bits per heavy atom. The van der Waals surface area contributed by atoms with Crippen LogP contribution in [0.5, 0.6) is 0 Å². The number of hydrogen-bond donors (Lipinski definition) is 2. The molecule has 1 aliphatic heterocycles. The molecule has 6 nitrogen and oxygen atoms in total. The summed E-state index contributed by atoms with van der Waals surface area (Å²) in [5.41, 5.74) is 9.17. The molecule has 3 N–H and O–H groups in total. The average Bonchev–Trinajstić information content (AvgIpc) is 3.26. The molecule has 1 aliphatic rings. The Morgan fingerprint density at radius 2 is 1.48 bits per heavy atom. The average molecular weight is 442 g/mol. The van der Waals surface area contributed by atoms with Crippen molar-refractivity contribution < 1.29 is 14.7 Å². The first-order valence-corrected chi connectivity index (χ1v) is 11.1. The number of benzene rings is 3. The third-order valence-electron chi connectivity index (χ3n) is 5.92. The van der Waals surface area contributed by atoms with Crippen LogP contribution in [-0.4, -0.2) is 28.6 Å². The molecule has 3 atom stereocenters. The van der Waals surface area contributed by atoms with Crippen molar-refractivity contribution in [1.29, 1.82) is 0 Å². The lowest BCUT2D eigenvalue weighted by molar-refractivity contribution is -0.138. The molecule has 0 spiro atoms. The molecule has 0 saturated carbocycles. The number of carboxylic acid groups (broad SMARTS) is 1. The zero-order valence-electron chi connectivity index (χ0n) is 18.2. The standard InChI is InChI=1S/C27H27N3O3/c28-22(27(32)33)17-10-18-23(31)24-25(19-11-4-1-5-12-19)29-30(21-15-8-3-9-16-21)26(24)20-13-6-2-7-14-20/h1-9,11-16,22,24,26H,10,17-18,28H2,(H,32,33). The van der Waals surface area contributed by atoms with Crippen LogP contribution in [0.2, 0.25) is 0 Å². The molecular formula is C27H27N3O3. The van der Waals surface area contributed by atoms with Gasteiger partial charge in [-0.3, -0.25) is 14.6 Å². The highest BCUT2D eigenvalue weighted by Crippen LogP contribution is 2.41. The van der Waals surface area contributed by atoms with E-state index in [1.807, 2.05) is 96.0 Å². The Balaban J connectivity index is 1.73. The quantitative estimate of drug-likeness (QED) is 0.512. The van der Waals surface area contributed by atoms with Crippen molar-refractivity contribution in [3.8, 4) is 0 Å². The van der Waals surface area contributed by atoms with E-state index in [0.717, 1.165) is 22.5 Å². The highest BCUT2D eigenvalue weighted by molar-refractivity contribution is 6.16. The van der Waals surface area contributed by atoms with Crippen LogP contribution in [0.25, 0.3) is 0 Å². The lowest BCUT2D eigenvalue weighted by Gasteiger charge is -2.28. The van der Waals surface area contributed by atoms with Crippen LogP contribution < -0.4 is 10.7 Å². The minimum atomic E-state index is -1.05. The number of aliphatic carboxylic acids is 1. The molecule has 0 radical (unpaired) electrons. The van der Waals surface area contributed by atoms with Gasteiger partial charge in [-0.25, -0.2) is 0 Å². The van der Waals surface area contributed by atoms with Gasteiger partial charge in [0.2, 0.25) is 0 Å². The molecule has 168 valence electrons. The molecule has 4 rings (SSSR count). The number of hydrazone groups is 1. The summed E-state index contributed by atoms with van der Waals surface area (Å²) in [5.74, 6) is -1.51. The number of hydrogen-bond acceptors (Lipinski definition) is 5. The number of carbonyl (C=O) groups is 2. The second kappa shape index (κ2) is 10.2. The van der Waals surface area contributed by atoms with E-state index in [1.54, 1.807) is 0 Å². The largest absolute Gasteiger partial charge is 0.480 e. The molecular weight excluding hydrogens is 414 g/mol. The minimum absolute atomic E-state index is 0.0301. The molecule has 0 fully saturated rings. The molecule has 3 aromatic carbocycles. The third-order valence-corrected chi connectivity index (χ3v) is 5.92. The normalized spacial score (nSPS) is 18.6. The van der Waals surface area contributed by atoms with Gasteiger partial charge in [0, 0.05) is 6.42 Å². The van der Waals surface area contributed by atoms with Crippen molar-refractivity contribution in [2.45, 2.75) is 31.3 Å². The van der Waals surface area contributed by atoms with Crippen LogP contribution in [0.3, 0.4) is 0 Å². The SMILES string of the molecule is NC(CCCC(=O)C1C(c2ccccc2)=NN(c2ccccc2)C1c1ccccc1)C(=O)O. The first kappa shape index (κ1) is 22.4. The van der Waals surface area contributed by atoms with E-state index in [4.69, 9.17) is 15.9 Å². The fourth-order valence-corrected chi connectivity index (χ4v) is 4.26. The molecule has 3 aromatic rings. The van der Waals surface area contributed by atoms with Crippen LogP contribution in [0.4, 0.5) is 5.69 Å². The zero-order chi connectivity index (χ0) is 23.2. The number of para-hydroxylation sites is 1. The van der Waals surface area contributed by atoms with Gasteiger partial charge in [-0.1, -0.05) is 78.9 Å². The number of nitrogens with zero attached hydrogens (tertiary/aromatic N) is 2. The van der Waals surface area contributed by atoms with Gasteiger partial charge in [0.05, 0.1) is 23.4 Å². The van der Waals surface area contributed by atoms with Crippen molar-refractivity contribution in [3.63, 3.8) is 0 Å². The van der Waals surface area contributed by atoms with Crippen molar-refractivity contribution in [3.05, 3.63) is 102 Å². The van der Waals surface area contributed by atoms with Crippen molar-refractivity contribution in [2.24, 2.45) is 16.8 Å². The predicted octanol–water partition coefficient (Wildman–Crippen LogP) is 4.42. The number of rotatable bonds is 9. The second-order valence-corrected chi connectivity index (χ2v) is 8.17. The van der Waals surface area contributed by atoms with Crippen molar-refractivity contribution >= 4 is 23.2 Å². The van der Waals surface area contributed by atoms with Crippen LogP contribution >= 0.6 is 0 Å². The minimum Gasteiger partial charge on any atom is -0.480 e. The summed E-state index contributed by atoms with van der Waals surface area (Å²) < 4.78 is 0. The van der Waals surface area contributed by atoms with Crippen molar-refractivity contribution in [1.82, 2.24) is 0 Å². The van der Waals surface area contributed by atoms with E-state index in [0.29, 0.717) is 6.42 Å². The van der Waals surface area contributed by atoms with Crippen LogP contribution in [0, 0.1) is 5.92 Å². The topological polar surface area (TPSA) is 96.0 Å². The number of carboxylic acids is 1. The van der Waals surface area contributed by atoms with Gasteiger partial charge < -0.3 is 10.8 Å².